The summed E-state index contributed by atoms with van der Waals surface area (Å²) in [6.07, 6.45) is -0.739. The number of nitrogens with one attached hydrogen (secondary N) is 2. The van der Waals surface area contributed by atoms with E-state index in [9.17, 15) is 14.7 Å². The minimum absolute atomic E-state index is 0.161. The first-order valence-corrected chi connectivity index (χ1v) is 8.76. The Labute approximate surface area is 157 Å². The lowest BCUT2D eigenvalue weighted by molar-refractivity contribution is 0.0950. The molecule has 1 unspecified atom stereocenters. The molecule has 5 nitrogen and oxygen atoms in total. The highest BCUT2D eigenvalue weighted by atomic mass is 16.3. The van der Waals surface area contributed by atoms with Crippen molar-refractivity contribution >= 4 is 5.91 Å². The SMILES string of the molecule is Cc1cc(C)c(CNC(=O)c2ccc(C(O)c3ccccc3)cc2)c(=O)[nH]1. The Balaban J connectivity index is 1.69. The van der Waals surface area contributed by atoms with Gasteiger partial charge in [-0.25, -0.2) is 0 Å². The maximum absolute atomic E-state index is 12.4. The molecule has 1 amide bonds. The number of H-pyrrole nitrogens is 1. The number of amides is 1. The zero-order valence-electron chi connectivity index (χ0n) is 15.3. The van der Waals surface area contributed by atoms with Crippen LogP contribution in [0.3, 0.4) is 0 Å². The normalized spacial score (nSPS) is 11.8. The van der Waals surface area contributed by atoms with Crippen LogP contribution < -0.4 is 10.9 Å². The smallest absolute Gasteiger partial charge is 0.253 e. The van der Waals surface area contributed by atoms with Gasteiger partial charge >= 0.3 is 0 Å². The molecule has 0 saturated heterocycles. The molecule has 0 saturated carbocycles. The fourth-order valence-corrected chi connectivity index (χ4v) is 3.02. The predicted octanol–water partition coefficient (Wildman–Crippen LogP) is 3.00. The molecule has 2 aromatic carbocycles. The van der Waals surface area contributed by atoms with E-state index in [4.69, 9.17) is 0 Å². The number of hydrogen-bond acceptors (Lipinski definition) is 3. The summed E-state index contributed by atoms with van der Waals surface area (Å²) in [5.41, 5.74) is 3.98. The van der Waals surface area contributed by atoms with Crippen molar-refractivity contribution in [3.63, 3.8) is 0 Å². The highest BCUT2D eigenvalue weighted by Gasteiger charge is 2.12. The van der Waals surface area contributed by atoms with Crippen LogP contribution in [0.1, 0.15) is 44.4 Å². The summed E-state index contributed by atoms with van der Waals surface area (Å²) in [5.74, 6) is -0.268. The van der Waals surface area contributed by atoms with Gasteiger partial charge in [-0.3, -0.25) is 9.59 Å². The standard InChI is InChI=1S/C22H22N2O3/c1-14-12-15(2)24-22(27)19(14)13-23-21(26)18-10-8-17(9-11-18)20(25)16-6-4-3-5-7-16/h3-12,20,25H,13H2,1-2H3,(H,23,26)(H,24,27). The summed E-state index contributed by atoms with van der Waals surface area (Å²) < 4.78 is 0. The van der Waals surface area contributed by atoms with Crippen LogP contribution in [0.25, 0.3) is 0 Å². The first kappa shape index (κ1) is 18.6. The number of rotatable bonds is 5. The molecule has 1 aromatic heterocycles. The van der Waals surface area contributed by atoms with E-state index in [1.165, 1.54) is 0 Å². The largest absolute Gasteiger partial charge is 0.384 e. The third kappa shape index (κ3) is 4.33. The van der Waals surface area contributed by atoms with Gasteiger partial charge < -0.3 is 15.4 Å². The van der Waals surface area contributed by atoms with Gasteiger partial charge in [-0.15, -0.1) is 0 Å². The van der Waals surface area contributed by atoms with Gasteiger partial charge in [0.25, 0.3) is 11.5 Å². The molecule has 138 valence electrons. The minimum Gasteiger partial charge on any atom is -0.384 e. The van der Waals surface area contributed by atoms with Crippen molar-refractivity contribution in [1.82, 2.24) is 10.3 Å². The molecule has 27 heavy (non-hydrogen) atoms. The van der Waals surface area contributed by atoms with Crippen LogP contribution in [0, 0.1) is 13.8 Å². The van der Waals surface area contributed by atoms with E-state index in [0.717, 1.165) is 16.8 Å². The summed E-state index contributed by atoms with van der Waals surface area (Å²) >= 11 is 0. The van der Waals surface area contributed by atoms with Gasteiger partial charge in [0.2, 0.25) is 0 Å². The van der Waals surface area contributed by atoms with E-state index in [1.54, 1.807) is 24.3 Å². The van der Waals surface area contributed by atoms with Crippen molar-refractivity contribution in [3.8, 4) is 0 Å². The maximum atomic E-state index is 12.4. The number of aromatic nitrogens is 1. The van der Waals surface area contributed by atoms with Gasteiger partial charge in [-0.2, -0.15) is 0 Å². The van der Waals surface area contributed by atoms with E-state index in [1.807, 2.05) is 50.2 Å². The number of aryl methyl sites for hydroxylation is 2. The van der Waals surface area contributed by atoms with Crippen molar-refractivity contribution < 1.29 is 9.90 Å². The number of benzene rings is 2. The Morgan fingerprint density at radius 2 is 1.67 bits per heavy atom. The Hall–Kier alpha value is -3.18. The topological polar surface area (TPSA) is 82.2 Å². The second kappa shape index (κ2) is 8.01. The lowest BCUT2D eigenvalue weighted by Crippen LogP contribution is -2.27. The van der Waals surface area contributed by atoms with Crippen LogP contribution in [0.5, 0.6) is 0 Å². The van der Waals surface area contributed by atoms with Crippen LogP contribution in [0.4, 0.5) is 0 Å². The molecule has 0 spiro atoms. The second-order valence-corrected chi connectivity index (χ2v) is 6.56. The van der Waals surface area contributed by atoms with Gasteiger partial charge in [0, 0.05) is 23.4 Å². The molecule has 3 N–H and O–H groups in total. The van der Waals surface area contributed by atoms with Crippen LogP contribution in [-0.2, 0) is 6.54 Å². The number of carbonyl (C=O) groups is 1. The molecule has 0 aliphatic rings. The van der Waals surface area contributed by atoms with E-state index in [2.05, 4.69) is 10.3 Å². The first-order chi connectivity index (χ1) is 13.0. The number of aliphatic hydroxyl groups excluding tert-OH is 1. The van der Waals surface area contributed by atoms with E-state index in [-0.39, 0.29) is 18.0 Å². The molecule has 0 aliphatic carbocycles. The zero-order valence-corrected chi connectivity index (χ0v) is 15.3. The molecule has 0 bridgehead atoms. The number of pyridine rings is 1. The fourth-order valence-electron chi connectivity index (χ4n) is 3.02. The van der Waals surface area contributed by atoms with Crippen LogP contribution in [0.2, 0.25) is 0 Å². The fraction of sp³-hybridized carbons (Fsp3) is 0.182. The molecule has 3 rings (SSSR count). The van der Waals surface area contributed by atoms with Crippen LogP contribution >= 0.6 is 0 Å². The zero-order chi connectivity index (χ0) is 19.4. The predicted molar refractivity (Wildman–Crippen MR) is 105 cm³/mol. The van der Waals surface area contributed by atoms with E-state index >= 15 is 0 Å². The van der Waals surface area contributed by atoms with Crippen molar-refractivity contribution in [1.29, 1.82) is 0 Å². The number of aromatic amines is 1. The van der Waals surface area contributed by atoms with Gasteiger partial charge in [0.05, 0.1) is 0 Å². The Kier molecular flexibility index (Phi) is 5.52. The molecule has 0 radical (unpaired) electrons. The summed E-state index contributed by atoms with van der Waals surface area (Å²) in [6.45, 7) is 3.83. The molecule has 1 atom stereocenters. The quantitative estimate of drug-likeness (QED) is 0.652. The number of carbonyl (C=O) groups excluding carboxylic acids is 1. The second-order valence-electron chi connectivity index (χ2n) is 6.56. The van der Waals surface area contributed by atoms with E-state index in [0.29, 0.717) is 16.7 Å². The minimum atomic E-state index is -0.739. The van der Waals surface area contributed by atoms with Gasteiger partial charge in [0.1, 0.15) is 6.10 Å². The number of hydrogen-bond donors (Lipinski definition) is 3. The average molecular weight is 362 g/mol. The third-order valence-corrected chi connectivity index (χ3v) is 4.52. The molecular formula is C22H22N2O3. The molecule has 5 heteroatoms. The van der Waals surface area contributed by atoms with Crippen molar-refractivity contribution in [2.45, 2.75) is 26.5 Å². The highest BCUT2D eigenvalue weighted by molar-refractivity contribution is 5.94. The Bertz CT molecular complexity index is 992. The van der Waals surface area contributed by atoms with Crippen LogP contribution in [0.15, 0.2) is 65.5 Å². The monoisotopic (exact) mass is 362 g/mol. The van der Waals surface area contributed by atoms with Crippen LogP contribution in [-0.4, -0.2) is 16.0 Å². The summed E-state index contributed by atoms with van der Waals surface area (Å²) in [5, 5.41) is 13.2. The lowest BCUT2D eigenvalue weighted by atomic mass is 10.0. The lowest BCUT2D eigenvalue weighted by Gasteiger charge is -2.12. The van der Waals surface area contributed by atoms with Gasteiger partial charge in [-0.05, 0) is 48.7 Å². The van der Waals surface area contributed by atoms with E-state index < -0.39 is 6.10 Å². The van der Waals surface area contributed by atoms with Crippen molar-refractivity contribution in [2.75, 3.05) is 0 Å². The molecule has 1 heterocycles. The molecular weight excluding hydrogens is 340 g/mol. The summed E-state index contributed by atoms with van der Waals surface area (Å²) in [6, 6.07) is 18.0. The Morgan fingerprint density at radius 1 is 1.04 bits per heavy atom. The average Bonchev–Trinajstić information content (AvgIpc) is 2.67. The molecule has 3 aromatic rings. The van der Waals surface area contributed by atoms with Crippen molar-refractivity contribution in [3.05, 3.63) is 105 Å². The first-order valence-electron chi connectivity index (χ1n) is 8.76. The highest BCUT2D eigenvalue weighted by Crippen LogP contribution is 2.21. The van der Waals surface area contributed by atoms with Crippen molar-refractivity contribution in [2.24, 2.45) is 0 Å². The Morgan fingerprint density at radius 3 is 2.30 bits per heavy atom. The summed E-state index contributed by atoms with van der Waals surface area (Å²) in [4.78, 5) is 27.1. The number of aliphatic hydroxyl groups is 1. The summed E-state index contributed by atoms with van der Waals surface area (Å²) in [7, 11) is 0. The maximum Gasteiger partial charge on any atom is 0.253 e. The molecule has 0 aliphatic heterocycles. The van der Waals surface area contributed by atoms with Gasteiger partial charge in [0.15, 0.2) is 0 Å². The van der Waals surface area contributed by atoms with Gasteiger partial charge in [-0.1, -0.05) is 42.5 Å². The molecule has 0 fully saturated rings. The third-order valence-electron chi connectivity index (χ3n) is 4.52.